The van der Waals surface area contributed by atoms with Crippen LogP contribution in [-0.2, 0) is 26.9 Å². The zero-order valence-corrected chi connectivity index (χ0v) is 19.7. The highest BCUT2D eigenvalue weighted by Crippen LogP contribution is 2.39. The van der Waals surface area contributed by atoms with Crippen LogP contribution in [-0.4, -0.2) is 86.7 Å². The Labute approximate surface area is 198 Å². The van der Waals surface area contributed by atoms with E-state index in [-0.39, 0.29) is 36.7 Å². The predicted molar refractivity (Wildman–Crippen MR) is 121 cm³/mol. The molecule has 3 aliphatic rings. The first-order valence-electron chi connectivity index (χ1n) is 12.0. The maximum atomic E-state index is 13.3. The third-order valence-electron chi connectivity index (χ3n) is 6.87. The molecule has 2 amide bonds. The number of hydrogen-bond acceptors (Lipinski definition) is 5. The fourth-order valence-electron chi connectivity index (χ4n) is 5.04. The van der Waals surface area contributed by atoms with E-state index in [2.05, 4.69) is 15.1 Å². The first kappa shape index (κ1) is 24.8. The van der Waals surface area contributed by atoms with Crippen molar-refractivity contribution in [3.8, 4) is 0 Å². The van der Waals surface area contributed by atoms with Crippen LogP contribution in [0.5, 0.6) is 0 Å². The standard InChI is InChI=1S/C24H33F3N4O3/c1-16(2)13-28-23(33)19-12-17-11-18(24(25,26)27)3-4-20(17)31-6-5-29(14-21(19)31)15-22(32)30-7-9-34-10-8-30/h3-4,11,16,19,21H,5-10,12-15H2,1-2H3,(H,28,33)/t19-,21+/m1/s1. The van der Waals surface area contributed by atoms with Gasteiger partial charge in [-0.2, -0.15) is 13.2 Å². The number of benzene rings is 1. The molecule has 10 heteroatoms. The number of amides is 2. The fraction of sp³-hybridized carbons (Fsp3) is 0.667. The van der Waals surface area contributed by atoms with Crippen molar-refractivity contribution in [3.63, 3.8) is 0 Å². The second-order valence-corrected chi connectivity index (χ2v) is 9.78. The molecule has 1 aromatic carbocycles. The Hall–Kier alpha value is -2.33. The van der Waals surface area contributed by atoms with Crippen molar-refractivity contribution in [1.82, 2.24) is 15.1 Å². The number of hydrogen-bond donors (Lipinski definition) is 1. The summed E-state index contributed by atoms with van der Waals surface area (Å²) in [4.78, 5) is 31.9. The summed E-state index contributed by atoms with van der Waals surface area (Å²) in [7, 11) is 0. The van der Waals surface area contributed by atoms with Crippen LogP contribution in [0.2, 0.25) is 0 Å². The van der Waals surface area contributed by atoms with Gasteiger partial charge in [-0.3, -0.25) is 14.5 Å². The number of halogens is 3. The molecular weight excluding hydrogens is 449 g/mol. The summed E-state index contributed by atoms with van der Waals surface area (Å²) in [5.41, 5.74) is 0.611. The van der Waals surface area contributed by atoms with Gasteiger partial charge in [0.1, 0.15) is 0 Å². The number of ether oxygens (including phenoxy) is 1. The number of carbonyl (C=O) groups excluding carboxylic acids is 2. The van der Waals surface area contributed by atoms with Gasteiger partial charge in [0, 0.05) is 45.0 Å². The SMILES string of the molecule is CC(C)CNC(=O)[C@@H]1Cc2cc(C(F)(F)F)ccc2N2CCN(CC(=O)N3CCOCC3)C[C@@H]12. The second kappa shape index (κ2) is 10.1. The van der Waals surface area contributed by atoms with Crippen LogP contribution >= 0.6 is 0 Å². The van der Waals surface area contributed by atoms with Gasteiger partial charge in [0.05, 0.1) is 37.3 Å². The molecule has 0 aliphatic carbocycles. The van der Waals surface area contributed by atoms with E-state index >= 15 is 0 Å². The topological polar surface area (TPSA) is 65.1 Å². The molecule has 2 saturated heterocycles. The largest absolute Gasteiger partial charge is 0.416 e. The van der Waals surface area contributed by atoms with E-state index in [1.807, 2.05) is 13.8 Å². The van der Waals surface area contributed by atoms with Crippen molar-refractivity contribution in [2.24, 2.45) is 11.8 Å². The van der Waals surface area contributed by atoms with E-state index in [1.165, 1.54) is 12.1 Å². The molecule has 1 aromatic rings. The third kappa shape index (κ3) is 5.49. The van der Waals surface area contributed by atoms with Gasteiger partial charge in [-0.05, 0) is 36.1 Å². The molecule has 3 aliphatic heterocycles. The Bertz CT molecular complexity index is 902. The van der Waals surface area contributed by atoms with Gasteiger partial charge in [-0.15, -0.1) is 0 Å². The molecule has 0 bridgehead atoms. The van der Waals surface area contributed by atoms with Crippen LogP contribution in [0.3, 0.4) is 0 Å². The molecule has 2 fully saturated rings. The van der Waals surface area contributed by atoms with Crippen LogP contribution in [0.25, 0.3) is 0 Å². The van der Waals surface area contributed by atoms with E-state index in [4.69, 9.17) is 4.74 Å². The van der Waals surface area contributed by atoms with E-state index < -0.39 is 17.7 Å². The Morgan fingerprint density at radius 2 is 1.88 bits per heavy atom. The number of morpholine rings is 1. The van der Waals surface area contributed by atoms with Gasteiger partial charge in [-0.1, -0.05) is 13.8 Å². The van der Waals surface area contributed by atoms with Gasteiger partial charge in [0.25, 0.3) is 0 Å². The van der Waals surface area contributed by atoms with Crippen LogP contribution in [0.4, 0.5) is 18.9 Å². The summed E-state index contributed by atoms with van der Waals surface area (Å²) in [6, 6.07) is 3.62. The molecule has 4 rings (SSSR count). The Balaban J connectivity index is 1.54. The van der Waals surface area contributed by atoms with Crippen LogP contribution < -0.4 is 10.2 Å². The molecule has 188 valence electrons. The molecule has 0 aromatic heterocycles. The molecule has 0 radical (unpaired) electrons. The van der Waals surface area contributed by atoms with E-state index in [9.17, 15) is 22.8 Å². The minimum atomic E-state index is -4.43. The molecule has 34 heavy (non-hydrogen) atoms. The van der Waals surface area contributed by atoms with Gasteiger partial charge >= 0.3 is 6.18 Å². The van der Waals surface area contributed by atoms with Crippen molar-refractivity contribution in [2.45, 2.75) is 32.5 Å². The third-order valence-corrected chi connectivity index (χ3v) is 6.87. The molecule has 0 spiro atoms. The summed E-state index contributed by atoms with van der Waals surface area (Å²) in [5, 5.41) is 2.97. The summed E-state index contributed by atoms with van der Waals surface area (Å²) >= 11 is 0. The molecule has 0 unspecified atom stereocenters. The fourth-order valence-corrected chi connectivity index (χ4v) is 5.04. The zero-order valence-electron chi connectivity index (χ0n) is 19.7. The van der Waals surface area contributed by atoms with Crippen molar-refractivity contribution < 1.29 is 27.5 Å². The molecule has 1 N–H and O–H groups in total. The number of carbonyl (C=O) groups is 2. The number of nitrogens with zero attached hydrogens (tertiary/aromatic N) is 3. The quantitative estimate of drug-likeness (QED) is 0.696. The number of anilines is 1. The Morgan fingerprint density at radius 1 is 1.15 bits per heavy atom. The van der Waals surface area contributed by atoms with E-state index in [0.29, 0.717) is 58.0 Å². The number of rotatable bonds is 5. The lowest BCUT2D eigenvalue weighted by atomic mass is 9.82. The van der Waals surface area contributed by atoms with E-state index in [0.717, 1.165) is 11.8 Å². The average Bonchev–Trinajstić information content (AvgIpc) is 2.81. The van der Waals surface area contributed by atoms with Crippen molar-refractivity contribution in [3.05, 3.63) is 29.3 Å². The lowest BCUT2D eigenvalue weighted by Gasteiger charge is -2.49. The number of piperazine rings is 1. The molecule has 0 saturated carbocycles. The zero-order chi connectivity index (χ0) is 24.5. The summed E-state index contributed by atoms with van der Waals surface area (Å²) in [6.45, 7) is 8.68. The highest BCUT2D eigenvalue weighted by Gasteiger charge is 2.43. The van der Waals surface area contributed by atoms with Crippen LogP contribution in [0, 0.1) is 11.8 Å². The highest BCUT2D eigenvalue weighted by molar-refractivity contribution is 5.82. The van der Waals surface area contributed by atoms with Gasteiger partial charge < -0.3 is 19.9 Å². The molecule has 7 nitrogen and oxygen atoms in total. The monoisotopic (exact) mass is 482 g/mol. The van der Waals surface area contributed by atoms with E-state index in [1.54, 1.807) is 4.90 Å². The highest BCUT2D eigenvalue weighted by atomic mass is 19.4. The number of fused-ring (bicyclic) bond motifs is 3. The lowest BCUT2D eigenvalue weighted by Crippen LogP contribution is -2.62. The predicted octanol–water partition coefficient (Wildman–Crippen LogP) is 2.00. The second-order valence-electron chi connectivity index (χ2n) is 9.78. The number of nitrogens with one attached hydrogen (secondary N) is 1. The van der Waals surface area contributed by atoms with Gasteiger partial charge in [-0.25, -0.2) is 0 Å². The van der Waals surface area contributed by atoms with Crippen LogP contribution in [0.15, 0.2) is 18.2 Å². The van der Waals surface area contributed by atoms with Gasteiger partial charge in [0.2, 0.25) is 11.8 Å². The maximum Gasteiger partial charge on any atom is 0.416 e. The number of alkyl halides is 3. The Morgan fingerprint density at radius 3 is 2.56 bits per heavy atom. The van der Waals surface area contributed by atoms with Crippen molar-refractivity contribution in [1.29, 1.82) is 0 Å². The van der Waals surface area contributed by atoms with Crippen molar-refractivity contribution >= 4 is 17.5 Å². The molecule has 3 heterocycles. The summed E-state index contributed by atoms with van der Waals surface area (Å²) in [5.74, 6) is -0.325. The minimum absolute atomic E-state index is 0.0450. The van der Waals surface area contributed by atoms with Crippen LogP contribution in [0.1, 0.15) is 25.0 Å². The minimum Gasteiger partial charge on any atom is -0.378 e. The maximum absolute atomic E-state index is 13.3. The Kier molecular flexibility index (Phi) is 7.37. The van der Waals surface area contributed by atoms with Crippen molar-refractivity contribution in [2.75, 3.05) is 63.9 Å². The smallest absolute Gasteiger partial charge is 0.378 e. The lowest BCUT2D eigenvalue weighted by molar-refractivity contribution is -0.138. The van der Waals surface area contributed by atoms with Gasteiger partial charge in [0.15, 0.2) is 0 Å². The average molecular weight is 483 g/mol. The molecule has 2 atom stereocenters. The first-order valence-corrected chi connectivity index (χ1v) is 12.0. The summed E-state index contributed by atoms with van der Waals surface area (Å²) < 4.78 is 45.3. The normalized spacial score (nSPS) is 23.5. The molecular formula is C24H33F3N4O3. The summed E-state index contributed by atoms with van der Waals surface area (Å²) in [6.07, 6.45) is -4.19. The first-order chi connectivity index (χ1) is 16.1.